The fraction of sp³-hybridized carbons (Fsp3) is 0.778. The van der Waals surface area contributed by atoms with Crippen LogP contribution in [-0.4, -0.2) is 34.5 Å². The van der Waals surface area contributed by atoms with Crippen molar-refractivity contribution in [1.29, 1.82) is 0 Å². The second-order valence-electron chi connectivity index (χ2n) is 2.99. The number of aliphatic carboxylic acids is 1. The van der Waals surface area contributed by atoms with Crippen LogP contribution in [0.1, 0.15) is 26.7 Å². The summed E-state index contributed by atoms with van der Waals surface area (Å²) >= 11 is 1.14. The lowest BCUT2D eigenvalue weighted by Crippen LogP contribution is -2.32. The van der Waals surface area contributed by atoms with Crippen molar-refractivity contribution >= 4 is 23.6 Å². The average molecular weight is 219 g/mol. The van der Waals surface area contributed by atoms with Gasteiger partial charge in [0.25, 0.3) is 0 Å². The third-order valence-electron chi connectivity index (χ3n) is 1.66. The highest BCUT2D eigenvalue weighted by Crippen LogP contribution is 2.09. The van der Waals surface area contributed by atoms with E-state index in [1.807, 2.05) is 0 Å². The van der Waals surface area contributed by atoms with Gasteiger partial charge in [0.15, 0.2) is 0 Å². The van der Waals surface area contributed by atoms with Crippen molar-refractivity contribution in [2.75, 3.05) is 12.3 Å². The average Bonchev–Trinajstić information content (AvgIpc) is 2.14. The third kappa shape index (κ3) is 6.77. The Morgan fingerprint density at radius 3 is 2.64 bits per heavy atom. The van der Waals surface area contributed by atoms with Gasteiger partial charge >= 0.3 is 5.97 Å². The van der Waals surface area contributed by atoms with Gasteiger partial charge in [-0.1, -0.05) is 13.3 Å². The van der Waals surface area contributed by atoms with Crippen LogP contribution in [0.4, 0.5) is 0 Å². The quantitative estimate of drug-likeness (QED) is 0.629. The second-order valence-corrected chi connectivity index (χ2v) is 4.32. The van der Waals surface area contributed by atoms with Gasteiger partial charge in [0, 0.05) is 6.54 Å². The minimum absolute atomic E-state index is 0.0254. The maximum atomic E-state index is 11.3. The van der Waals surface area contributed by atoms with E-state index in [1.54, 1.807) is 6.92 Å². The van der Waals surface area contributed by atoms with E-state index >= 15 is 0 Å². The molecule has 0 radical (unpaired) electrons. The first-order valence-electron chi connectivity index (χ1n) is 4.69. The fourth-order valence-electron chi connectivity index (χ4n) is 0.804. The van der Waals surface area contributed by atoms with Crippen LogP contribution < -0.4 is 5.32 Å². The number of hydrogen-bond acceptors (Lipinski definition) is 3. The molecule has 4 nitrogen and oxygen atoms in total. The normalized spacial score (nSPS) is 12.1. The number of thioether (sulfide) groups is 1. The monoisotopic (exact) mass is 219 g/mol. The summed E-state index contributed by atoms with van der Waals surface area (Å²) in [4.78, 5) is 21.5. The van der Waals surface area contributed by atoms with Gasteiger partial charge in [-0.2, -0.15) is 0 Å². The van der Waals surface area contributed by atoms with Gasteiger partial charge in [-0.25, -0.2) is 0 Å². The molecule has 1 amide bonds. The molecule has 0 aliphatic heterocycles. The number of carboxylic acids is 1. The van der Waals surface area contributed by atoms with Crippen LogP contribution in [0, 0.1) is 0 Å². The van der Waals surface area contributed by atoms with Crippen LogP contribution in [0.3, 0.4) is 0 Å². The van der Waals surface area contributed by atoms with E-state index in [1.165, 1.54) is 0 Å². The van der Waals surface area contributed by atoms with Crippen LogP contribution in [0.2, 0.25) is 0 Å². The highest BCUT2D eigenvalue weighted by atomic mass is 32.2. The van der Waals surface area contributed by atoms with Crippen molar-refractivity contribution in [3.05, 3.63) is 0 Å². The number of carbonyl (C=O) groups excluding carboxylic acids is 1. The molecule has 82 valence electrons. The number of carbonyl (C=O) groups is 2. The second kappa shape index (κ2) is 7.67. The Hall–Kier alpha value is -0.710. The van der Waals surface area contributed by atoms with E-state index in [-0.39, 0.29) is 16.9 Å². The van der Waals surface area contributed by atoms with Gasteiger partial charge < -0.3 is 10.4 Å². The Balaban J connectivity index is 3.59. The summed E-state index contributed by atoms with van der Waals surface area (Å²) in [6.07, 6.45) is 2.00. The molecule has 0 aromatic heterocycles. The zero-order valence-corrected chi connectivity index (χ0v) is 9.39. The van der Waals surface area contributed by atoms with E-state index in [0.29, 0.717) is 6.54 Å². The van der Waals surface area contributed by atoms with Gasteiger partial charge in [0.05, 0.1) is 11.0 Å². The fourth-order valence-corrected chi connectivity index (χ4v) is 1.43. The van der Waals surface area contributed by atoms with E-state index in [0.717, 1.165) is 24.6 Å². The molecule has 0 aliphatic carbocycles. The van der Waals surface area contributed by atoms with Crippen LogP contribution >= 0.6 is 11.8 Å². The molecular formula is C9H17NO3S. The molecule has 5 heteroatoms. The predicted molar refractivity (Wildman–Crippen MR) is 57.5 cm³/mol. The van der Waals surface area contributed by atoms with Crippen molar-refractivity contribution in [2.24, 2.45) is 0 Å². The lowest BCUT2D eigenvalue weighted by molar-refractivity contribution is -0.133. The summed E-state index contributed by atoms with van der Waals surface area (Å²) in [6, 6.07) is 0. The standard InChI is InChI=1S/C9H17NO3S/c1-3-4-5-10-9(13)7(2)14-6-8(11)12/h7H,3-6H2,1-2H3,(H,10,13)(H,11,12). The van der Waals surface area contributed by atoms with Crippen LogP contribution in [0.5, 0.6) is 0 Å². The summed E-state index contributed by atoms with van der Waals surface area (Å²) in [5.41, 5.74) is 0. The minimum Gasteiger partial charge on any atom is -0.481 e. The van der Waals surface area contributed by atoms with Crippen molar-refractivity contribution in [2.45, 2.75) is 31.9 Å². The number of carboxylic acid groups (broad SMARTS) is 1. The Bertz CT molecular complexity index is 196. The number of nitrogens with one attached hydrogen (secondary N) is 1. The lowest BCUT2D eigenvalue weighted by atomic mass is 10.3. The smallest absolute Gasteiger partial charge is 0.313 e. The molecule has 0 fully saturated rings. The summed E-state index contributed by atoms with van der Waals surface area (Å²) < 4.78 is 0. The zero-order valence-electron chi connectivity index (χ0n) is 8.58. The maximum Gasteiger partial charge on any atom is 0.313 e. The Kier molecular flexibility index (Phi) is 7.28. The van der Waals surface area contributed by atoms with Gasteiger partial charge in [-0.3, -0.25) is 9.59 Å². The molecule has 1 unspecified atom stereocenters. The van der Waals surface area contributed by atoms with Gasteiger partial charge in [-0.15, -0.1) is 11.8 Å². The van der Waals surface area contributed by atoms with Crippen LogP contribution in [0.15, 0.2) is 0 Å². The lowest BCUT2D eigenvalue weighted by Gasteiger charge is -2.09. The molecular weight excluding hydrogens is 202 g/mol. The van der Waals surface area contributed by atoms with Crippen molar-refractivity contribution in [3.63, 3.8) is 0 Å². The van der Waals surface area contributed by atoms with Gasteiger partial charge in [0.2, 0.25) is 5.91 Å². The highest BCUT2D eigenvalue weighted by molar-refractivity contribution is 8.01. The van der Waals surface area contributed by atoms with E-state index in [2.05, 4.69) is 12.2 Å². The first kappa shape index (κ1) is 13.3. The molecule has 0 saturated heterocycles. The molecule has 0 bridgehead atoms. The first-order chi connectivity index (χ1) is 6.57. The summed E-state index contributed by atoms with van der Waals surface area (Å²) in [5.74, 6) is -0.990. The number of amides is 1. The summed E-state index contributed by atoms with van der Waals surface area (Å²) in [7, 11) is 0. The van der Waals surface area contributed by atoms with Gasteiger partial charge in [0.1, 0.15) is 0 Å². The number of unbranched alkanes of at least 4 members (excludes halogenated alkanes) is 1. The minimum atomic E-state index is -0.886. The van der Waals surface area contributed by atoms with Crippen molar-refractivity contribution < 1.29 is 14.7 Å². The third-order valence-corrected chi connectivity index (χ3v) is 2.78. The van der Waals surface area contributed by atoms with Crippen LogP contribution in [-0.2, 0) is 9.59 Å². The van der Waals surface area contributed by atoms with Crippen molar-refractivity contribution in [3.8, 4) is 0 Å². The Labute approximate surface area is 88.4 Å². The Morgan fingerprint density at radius 2 is 2.14 bits per heavy atom. The molecule has 0 saturated carbocycles. The number of rotatable bonds is 7. The molecule has 0 spiro atoms. The first-order valence-corrected chi connectivity index (χ1v) is 5.74. The topological polar surface area (TPSA) is 66.4 Å². The molecule has 2 N–H and O–H groups in total. The van der Waals surface area contributed by atoms with Crippen molar-refractivity contribution in [1.82, 2.24) is 5.32 Å². The predicted octanol–water partition coefficient (Wildman–Crippen LogP) is 1.11. The van der Waals surface area contributed by atoms with E-state index in [9.17, 15) is 9.59 Å². The molecule has 0 heterocycles. The molecule has 0 aromatic rings. The summed E-state index contributed by atoms with van der Waals surface area (Å²) in [6.45, 7) is 4.44. The van der Waals surface area contributed by atoms with Gasteiger partial charge in [-0.05, 0) is 13.3 Å². The van der Waals surface area contributed by atoms with E-state index < -0.39 is 5.97 Å². The highest BCUT2D eigenvalue weighted by Gasteiger charge is 2.13. The molecule has 0 rings (SSSR count). The molecule has 0 aromatic carbocycles. The van der Waals surface area contributed by atoms with Crippen LogP contribution in [0.25, 0.3) is 0 Å². The number of hydrogen-bond donors (Lipinski definition) is 2. The SMILES string of the molecule is CCCCNC(=O)C(C)SCC(=O)O. The zero-order chi connectivity index (χ0) is 11.0. The van der Waals surface area contributed by atoms with E-state index in [4.69, 9.17) is 5.11 Å². The Morgan fingerprint density at radius 1 is 1.50 bits per heavy atom. The molecule has 0 aliphatic rings. The maximum absolute atomic E-state index is 11.3. The molecule has 14 heavy (non-hydrogen) atoms. The largest absolute Gasteiger partial charge is 0.481 e. The molecule has 1 atom stereocenters. The summed E-state index contributed by atoms with van der Waals surface area (Å²) in [5, 5.41) is 10.9.